The highest BCUT2D eigenvalue weighted by Gasteiger charge is 2.26. The molecule has 9 heteroatoms. The average Bonchev–Trinajstić information content (AvgIpc) is 2.60. The summed E-state index contributed by atoms with van der Waals surface area (Å²) in [5.41, 5.74) is 0.577. The maximum absolute atomic E-state index is 12.5. The van der Waals surface area contributed by atoms with Crippen LogP contribution < -0.4 is 10.6 Å². The number of amides is 1. The van der Waals surface area contributed by atoms with Crippen molar-refractivity contribution < 1.29 is 22.0 Å². The van der Waals surface area contributed by atoms with E-state index in [1.165, 1.54) is 12.1 Å². The predicted octanol–water partition coefficient (Wildman–Crippen LogP) is 0.637. The minimum atomic E-state index is -4.59. The van der Waals surface area contributed by atoms with Crippen LogP contribution in [0, 0.1) is 0 Å². The number of carbonyl (C=O) groups excluding carboxylic acids is 1. The molecule has 1 amide bonds. The van der Waals surface area contributed by atoms with Crippen molar-refractivity contribution in [2.24, 2.45) is 0 Å². The molecular weight excluding hydrogens is 352 g/mol. The molecule has 140 valence electrons. The largest absolute Gasteiger partial charge is 0.356 e. The van der Waals surface area contributed by atoms with Gasteiger partial charge in [0.1, 0.15) is 0 Å². The number of hydrogen-bond acceptors (Lipinski definition) is 5. The van der Waals surface area contributed by atoms with Crippen LogP contribution in [0.3, 0.4) is 0 Å². The molecular formula is C16H23F2N3O3S. The summed E-state index contributed by atoms with van der Waals surface area (Å²) in [5.74, 6) is -3.62. The molecule has 0 unspecified atom stereocenters. The molecule has 0 aliphatic carbocycles. The maximum Gasteiger partial charge on any atom is 0.341 e. The lowest BCUT2D eigenvalue weighted by Crippen LogP contribution is -2.44. The lowest BCUT2D eigenvalue weighted by Gasteiger charge is -2.27. The zero-order valence-corrected chi connectivity index (χ0v) is 14.7. The molecule has 1 heterocycles. The van der Waals surface area contributed by atoms with Gasteiger partial charge in [-0.1, -0.05) is 12.1 Å². The monoisotopic (exact) mass is 375 g/mol. The van der Waals surface area contributed by atoms with E-state index in [9.17, 15) is 22.0 Å². The Morgan fingerprint density at radius 3 is 2.44 bits per heavy atom. The van der Waals surface area contributed by atoms with E-state index in [0.717, 1.165) is 51.3 Å². The number of nitrogens with zero attached hydrogens (tertiary/aromatic N) is 1. The van der Waals surface area contributed by atoms with Crippen molar-refractivity contribution in [3.05, 3.63) is 29.8 Å². The molecule has 1 aromatic carbocycles. The molecule has 1 aliphatic heterocycles. The van der Waals surface area contributed by atoms with Crippen molar-refractivity contribution in [2.45, 2.75) is 23.5 Å². The van der Waals surface area contributed by atoms with Crippen LogP contribution in [-0.2, 0) is 21.1 Å². The molecule has 0 aromatic heterocycles. The number of carbonyl (C=O) groups is 1. The van der Waals surface area contributed by atoms with E-state index in [-0.39, 0.29) is 12.3 Å². The van der Waals surface area contributed by atoms with Crippen molar-refractivity contribution in [1.29, 1.82) is 0 Å². The Hall–Kier alpha value is -1.58. The molecule has 6 nitrogen and oxygen atoms in total. The van der Waals surface area contributed by atoms with E-state index in [1.54, 1.807) is 0 Å². The number of hydrogen-bond donors (Lipinski definition) is 2. The van der Waals surface area contributed by atoms with Crippen LogP contribution >= 0.6 is 0 Å². The molecule has 1 saturated heterocycles. The fourth-order valence-corrected chi connectivity index (χ4v) is 3.33. The van der Waals surface area contributed by atoms with Crippen LogP contribution in [0.1, 0.15) is 12.0 Å². The predicted molar refractivity (Wildman–Crippen MR) is 90.3 cm³/mol. The van der Waals surface area contributed by atoms with E-state index in [2.05, 4.69) is 15.5 Å². The topological polar surface area (TPSA) is 78.5 Å². The van der Waals surface area contributed by atoms with Gasteiger partial charge in [0.15, 0.2) is 0 Å². The van der Waals surface area contributed by atoms with Gasteiger partial charge in [-0.25, -0.2) is 8.42 Å². The van der Waals surface area contributed by atoms with Crippen LogP contribution in [0.15, 0.2) is 29.2 Å². The number of halogens is 2. The van der Waals surface area contributed by atoms with Gasteiger partial charge in [-0.2, -0.15) is 8.78 Å². The molecule has 2 N–H and O–H groups in total. The normalized spacial score (nSPS) is 16.1. The van der Waals surface area contributed by atoms with E-state index < -0.39 is 20.5 Å². The van der Waals surface area contributed by atoms with E-state index >= 15 is 0 Å². The zero-order valence-electron chi connectivity index (χ0n) is 13.9. The molecule has 25 heavy (non-hydrogen) atoms. The number of sulfone groups is 1. The first-order chi connectivity index (χ1) is 11.9. The van der Waals surface area contributed by atoms with E-state index in [4.69, 9.17) is 0 Å². The Labute approximate surface area is 146 Å². The third-order valence-corrected chi connectivity index (χ3v) is 5.43. The van der Waals surface area contributed by atoms with Gasteiger partial charge in [0, 0.05) is 32.7 Å². The van der Waals surface area contributed by atoms with Gasteiger partial charge < -0.3 is 15.5 Å². The maximum atomic E-state index is 12.5. The van der Waals surface area contributed by atoms with Gasteiger partial charge in [0.25, 0.3) is 0 Å². The lowest BCUT2D eigenvalue weighted by atomic mass is 10.1. The first-order valence-corrected chi connectivity index (χ1v) is 9.75. The highest BCUT2D eigenvalue weighted by molar-refractivity contribution is 7.91. The number of alkyl halides is 2. The Morgan fingerprint density at radius 1 is 1.20 bits per heavy atom. The van der Waals surface area contributed by atoms with Gasteiger partial charge in [-0.3, -0.25) is 4.79 Å². The number of benzene rings is 1. The first-order valence-electron chi connectivity index (χ1n) is 8.20. The Bertz CT molecular complexity index is 660. The molecule has 0 saturated carbocycles. The standard InChI is InChI=1S/C16H23F2N3O3S/c17-16(18)25(23,24)14-4-2-13(3-5-14)12-15(22)20-6-1-9-21-10-7-19-8-11-21/h2-5,16,19H,1,6-12H2,(H,20,22). The third-order valence-electron chi connectivity index (χ3n) is 4.03. The Balaban J connectivity index is 1.73. The lowest BCUT2D eigenvalue weighted by molar-refractivity contribution is -0.120. The summed E-state index contributed by atoms with van der Waals surface area (Å²) in [4.78, 5) is 13.8. The SMILES string of the molecule is O=C(Cc1ccc(S(=O)(=O)C(F)F)cc1)NCCCN1CCNCC1. The highest BCUT2D eigenvalue weighted by Crippen LogP contribution is 2.18. The third kappa shape index (κ3) is 6.02. The molecule has 0 bridgehead atoms. The first kappa shape index (κ1) is 19.7. The fourth-order valence-electron chi connectivity index (χ4n) is 2.61. The van der Waals surface area contributed by atoms with Gasteiger partial charge >= 0.3 is 5.76 Å². The van der Waals surface area contributed by atoms with Crippen molar-refractivity contribution in [3.8, 4) is 0 Å². The van der Waals surface area contributed by atoms with E-state index in [1.807, 2.05) is 0 Å². The summed E-state index contributed by atoms with van der Waals surface area (Å²) in [5, 5.41) is 6.09. The Morgan fingerprint density at radius 2 is 1.84 bits per heavy atom. The van der Waals surface area contributed by atoms with Crippen LogP contribution in [0.2, 0.25) is 0 Å². The summed E-state index contributed by atoms with van der Waals surface area (Å²) < 4.78 is 47.6. The smallest absolute Gasteiger partial charge is 0.341 e. The second-order valence-electron chi connectivity index (χ2n) is 5.92. The minimum absolute atomic E-state index is 0.0860. The quantitative estimate of drug-likeness (QED) is 0.652. The Kier molecular flexibility index (Phi) is 7.27. The second-order valence-corrected chi connectivity index (χ2v) is 7.84. The molecule has 0 spiro atoms. The van der Waals surface area contributed by atoms with Crippen molar-refractivity contribution >= 4 is 15.7 Å². The van der Waals surface area contributed by atoms with Gasteiger partial charge in [-0.15, -0.1) is 0 Å². The summed E-state index contributed by atoms with van der Waals surface area (Å²) in [6.07, 6.45) is 0.944. The molecule has 1 aliphatic rings. The van der Waals surface area contributed by atoms with Gasteiger partial charge in [-0.05, 0) is 30.7 Å². The highest BCUT2D eigenvalue weighted by atomic mass is 32.2. The summed E-state index contributed by atoms with van der Waals surface area (Å²) in [7, 11) is -4.59. The summed E-state index contributed by atoms with van der Waals surface area (Å²) in [6.45, 7) is 5.51. The minimum Gasteiger partial charge on any atom is -0.356 e. The molecule has 1 aromatic rings. The van der Waals surface area contributed by atoms with Crippen molar-refractivity contribution in [3.63, 3.8) is 0 Å². The van der Waals surface area contributed by atoms with Crippen LogP contribution in [-0.4, -0.2) is 64.3 Å². The summed E-state index contributed by atoms with van der Waals surface area (Å²) in [6, 6.07) is 4.98. The molecule has 2 rings (SSSR count). The van der Waals surface area contributed by atoms with Crippen LogP contribution in [0.5, 0.6) is 0 Å². The molecule has 1 fully saturated rings. The van der Waals surface area contributed by atoms with Crippen molar-refractivity contribution in [2.75, 3.05) is 39.3 Å². The summed E-state index contributed by atoms with van der Waals surface area (Å²) >= 11 is 0. The van der Waals surface area contributed by atoms with Crippen molar-refractivity contribution in [1.82, 2.24) is 15.5 Å². The van der Waals surface area contributed by atoms with Crippen LogP contribution in [0.25, 0.3) is 0 Å². The van der Waals surface area contributed by atoms with Crippen LogP contribution in [0.4, 0.5) is 8.78 Å². The number of piperazine rings is 1. The number of nitrogens with one attached hydrogen (secondary N) is 2. The van der Waals surface area contributed by atoms with Gasteiger partial charge in [0.2, 0.25) is 15.7 Å². The fraction of sp³-hybridized carbons (Fsp3) is 0.562. The number of rotatable bonds is 8. The zero-order chi connectivity index (χ0) is 18.3. The molecule has 0 radical (unpaired) electrons. The van der Waals surface area contributed by atoms with E-state index in [0.29, 0.717) is 12.1 Å². The van der Waals surface area contributed by atoms with Gasteiger partial charge in [0.05, 0.1) is 11.3 Å². The molecule has 0 atom stereocenters. The second kappa shape index (κ2) is 9.21. The average molecular weight is 375 g/mol.